The van der Waals surface area contributed by atoms with Gasteiger partial charge in [0.1, 0.15) is 0 Å². The van der Waals surface area contributed by atoms with Crippen LogP contribution in [0.15, 0.2) is 33.2 Å². The molecule has 0 radical (unpaired) electrons. The molecule has 0 atom stereocenters. The van der Waals surface area contributed by atoms with Gasteiger partial charge in [-0.15, -0.1) is 5.10 Å². The molecule has 0 unspecified atom stereocenters. The number of hydrogen-bond acceptors (Lipinski definition) is 4. The molecule has 1 aliphatic heterocycles. The molecule has 112 valence electrons. The van der Waals surface area contributed by atoms with E-state index in [-0.39, 0.29) is 0 Å². The number of halogens is 1. The highest BCUT2D eigenvalue weighted by atomic mass is 79.9. The van der Waals surface area contributed by atoms with Crippen LogP contribution in [0.5, 0.6) is 0 Å². The Morgan fingerprint density at radius 3 is 2.57 bits per heavy atom. The van der Waals surface area contributed by atoms with Gasteiger partial charge in [0, 0.05) is 4.47 Å². The second-order valence-corrected chi connectivity index (χ2v) is 6.53. The van der Waals surface area contributed by atoms with Crippen LogP contribution in [0, 0.1) is 4.84 Å². The van der Waals surface area contributed by atoms with Gasteiger partial charge in [-0.1, -0.05) is 25.0 Å². The van der Waals surface area contributed by atoms with Gasteiger partial charge in [-0.05, 0) is 66.2 Å². The Labute approximate surface area is 137 Å². The number of hydrogen-bond donors (Lipinski definition) is 0. The van der Waals surface area contributed by atoms with E-state index in [1.165, 1.54) is 25.7 Å². The first-order valence-corrected chi connectivity index (χ1v) is 8.49. The summed E-state index contributed by atoms with van der Waals surface area (Å²) in [7, 11) is 0. The topological polar surface area (TPSA) is 34.2 Å². The predicted octanol–water partition coefficient (Wildman–Crippen LogP) is 4.47. The van der Waals surface area contributed by atoms with Crippen LogP contribution < -0.4 is 0 Å². The molecule has 0 saturated carbocycles. The van der Waals surface area contributed by atoms with Crippen molar-refractivity contribution >= 4 is 28.1 Å². The highest BCUT2D eigenvalue weighted by Crippen LogP contribution is 2.26. The molecule has 0 spiro atoms. The quantitative estimate of drug-likeness (QED) is 0.749. The maximum Gasteiger partial charge on any atom is 0.288 e. The molecule has 1 fully saturated rings. The summed E-state index contributed by atoms with van der Waals surface area (Å²) < 4.78 is 8.41. The molecule has 4 nitrogen and oxygen atoms in total. The number of benzene rings is 1. The fourth-order valence-corrected chi connectivity index (χ4v) is 3.24. The third kappa shape index (κ3) is 3.62. The lowest BCUT2D eigenvalue weighted by molar-refractivity contribution is 0.211. The second-order valence-electron chi connectivity index (χ2n) is 5.33. The maximum absolute atomic E-state index is 5.66. The molecule has 0 aliphatic carbocycles. The van der Waals surface area contributed by atoms with Gasteiger partial charge in [0.25, 0.3) is 4.84 Å². The van der Waals surface area contributed by atoms with E-state index >= 15 is 0 Å². The average molecular weight is 368 g/mol. The van der Waals surface area contributed by atoms with Crippen molar-refractivity contribution in [2.24, 2.45) is 0 Å². The molecule has 1 aliphatic rings. The van der Waals surface area contributed by atoms with E-state index in [1.807, 2.05) is 24.3 Å². The molecule has 1 aromatic heterocycles. The minimum atomic E-state index is 0.435. The summed E-state index contributed by atoms with van der Waals surface area (Å²) in [6.45, 7) is 2.94. The molecule has 0 bridgehead atoms. The largest absolute Gasteiger partial charge is 0.409 e. The van der Waals surface area contributed by atoms with Crippen LogP contribution in [0.4, 0.5) is 0 Å². The minimum Gasteiger partial charge on any atom is -0.409 e. The van der Waals surface area contributed by atoms with E-state index in [4.69, 9.17) is 16.6 Å². The summed E-state index contributed by atoms with van der Waals surface area (Å²) in [5.41, 5.74) is 0.929. The number of aromatic nitrogens is 2. The smallest absolute Gasteiger partial charge is 0.288 e. The van der Waals surface area contributed by atoms with Crippen molar-refractivity contribution in [1.82, 2.24) is 14.7 Å². The molecule has 2 aromatic rings. The first-order chi connectivity index (χ1) is 10.2. The Morgan fingerprint density at radius 2 is 1.86 bits per heavy atom. The molecule has 3 rings (SSSR count). The Bertz CT molecular complexity index is 659. The highest BCUT2D eigenvalue weighted by Gasteiger charge is 2.14. The van der Waals surface area contributed by atoms with Gasteiger partial charge in [-0.2, -0.15) is 0 Å². The molecule has 6 heteroatoms. The van der Waals surface area contributed by atoms with Crippen LogP contribution >= 0.6 is 28.1 Å². The van der Waals surface area contributed by atoms with Crippen LogP contribution in [0.2, 0.25) is 0 Å². The number of nitrogens with zero attached hydrogens (tertiary/aromatic N) is 3. The SMILES string of the molecule is S=c1oc(-c2ccccc2Br)nn1CN1CCCCCC1. The normalized spacial score (nSPS) is 16.8. The summed E-state index contributed by atoms with van der Waals surface area (Å²) in [6, 6.07) is 7.88. The second kappa shape index (κ2) is 6.85. The van der Waals surface area contributed by atoms with Crippen molar-refractivity contribution in [2.75, 3.05) is 13.1 Å². The van der Waals surface area contributed by atoms with Gasteiger partial charge in [0.2, 0.25) is 5.89 Å². The Balaban J connectivity index is 1.81. The summed E-state index contributed by atoms with van der Waals surface area (Å²) in [5, 5.41) is 4.54. The molecule has 0 N–H and O–H groups in total. The van der Waals surface area contributed by atoms with E-state index in [2.05, 4.69) is 25.9 Å². The van der Waals surface area contributed by atoms with E-state index < -0.39 is 0 Å². The Kier molecular flexibility index (Phi) is 4.87. The Hall–Kier alpha value is -0.980. The number of rotatable bonds is 3. The third-order valence-electron chi connectivity index (χ3n) is 3.74. The first-order valence-electron chi connectivity index (χ1n) is 7.29. The lowest BCUT2D eigenvalue weighted by Crippen LogP contribution is -2.28. The van der Waals surface area contributed by atoms with E-state index in [0.717, 1.165) is 23.1 Å². The van der Waals surface area contributed by atoms with E-state index in [0.29, 0.717) is 17.4 Å². The van der Waals surface area contributed by atoms with Gasteiger partial charge in [0.15, 0.2) is 0 Å². The number of likely N-dealkylation sites (tertiary alicyclic amines) is 1. The molecule has 0 amide bonds. The highest BCUT2D eigenvalue weighted by molar-refractivity contribution is 9.10. The summed E-state index contributed by atoms with van der Waals surface area (Å²) in [5.74, 6) is 0.572. The van der Waals surface area contributed by atoms with Crippen molar-refractivity contribution < 1.29 is 4.42 Å². The standard InChI is InChI=1S/C15H18BrN3OS/c16-13-8-4-3-7-12(13)14-17-19(15(21)20-14)11-18-9-5-1-2-6-10-18/h3-4,7-8H,1-2,5-6,9-11H2. The molecular weight excluding hydrogens is 350 g/mol. The predicted molar refractivity (Wildman–Crippen MR) is 88.5 cm³/mol. The zero-order chi connectivity index (χ0) is 14.7. The van der Waals surface area contributed by atoms with Crippen LogP contribution in [-0.4, -0.2) is 27.8 Å². The van der Waals surface area contributed by atoms with Crippen LogP contribution in [-0.2, 0) is 6.67 Å². The van der Waals surface area contributed by atoms with Gasteiger partial charge in [-0.3, -0.25) is 4.90 Å². The maximum atomic E-state index is 5.66. The molecule has 1 saturated heterocycles. The van der Waals surface area contributed by atoms with Gasteiger partial charge >= 0.3 is 0 Å². The lowest BCUT2D eigenvalue weighted by atomic mass is 10.2. The zero-order valence-corrected chi connectivity index (χ0v) is 14.2. The van der Waals surface area contributed by atoms with Gasteiger partial charge in [0.05, 0.1) is 12.2 Å². The van der Waals surface area contributed by atoms with Gasteiger partial charge in [-0.25, -0.2) is 4.68 Å². The molecular formula is C15H18BrN3OS. The van der Waals surface area contributed by atoms with Crippen molar-refractivity contribution in [3.8, 4) is 11.5 Å². The average Bonchev–Trinajstić information content (AvgIpc) is 2.68. The van der Waals surface area contributed by atoms with Gasteiger partial charge < -0.3 is 4.42 Å². The van der Waals surface area contributed by atoms with Crippen LogP contribution in [0.3, 0.4) is 0 Å². The summed E-state index contributed by atoms with van der Waals surface area (Å²) in [6.07, 6.45) is 5.15. The van der Waals surface area contributed by atoms with Crippen molar-refractivity contribution in [3.63, 3.8) is 0 Å². The van der Waals surface area contributed by atoms with Crippen LogP contribution in [0.25, 0.3) is 11.5 Å². The monoisotopic (exact) mass is 367 g/mol. The molecule has 1 aromatic carbocycles. The van der Waals surface area contributed by atoms with Crippen LogP contribution in [0.1, 0.15) is 25.7 Å². The van der Waals surface area contributed by atoms with Crippen molar-refractivity contribution in [2.45, 2.75) is 32.4 Å². The zero-order valence-electron chi connectivity index (χ0n) is 11.8. The summed E-state index contributed by atoms with van der Waals surface area (Å²) in [4.78, 5) is 2.83. The minimum absolute atomic E-state index is 0.435. The van der Waals surface area contributed by atoms with Crippen molar-refractivity contribution in [1.29, 1.82) is 0 Å². The lowest BCUT2D eigenvalue weighted by Gasteiger charge is -2.18. The summed E-state index contributed by atoms with van der Waals surface area (Å²) >= 11 is 8.83. The first kappa shape index (κ1) is 14.9. The fourth-order valence-electron chi connectivity index (χ4n) is 2.61. The molecule has 21 heavy (non-hydrogen) atoms. The van der Waals surface area contributed by atoms with E-state index in [1.54, 1.807) is 4.68 Å². The van der Waals surface area contributed by atoms with E-state index in [9.17, 15) is 0 Å². The molecule has 2 heterocycles. The Morgan fingerprint density at radius 1 is 1.14 bits per heavy atom. The third-order valence-corrected chi connectivity index (χ3v) is 4.73. The van der Waals surface area contributed by atoms with Crippen molar-refractivity contribution in [3.05, 3.63) is 33.6 Å². The fraction of sp³-hybridized carbons (Fsp3) is 0.467.